The van der Waals surface area contributed by atoms with Crippen molar-refractivity contribution in [2.24, 2.45) is 0 Å². The molecule has 0 amide bonds. The fourth-order valence-electron chi connectivity index (χ4n) is 1.75. The van der Waals surface area contributed by atoms with E-state index in [4.69, 9.17) is 5.11 Å². The van der Waals surface area contributed by atoms with Gasteiger partial charge >= 0.3 is 6.18 Å². The molecule has 0 atom stereocenters. The standard InChI is InChI=1S/C14H12F3NO/c1-9-2-7-12(14(15,16)17)18-13(9)11-5-3-10(8-19)4-6-11/h2-7,19H,8H2,1H3. The molecule has 100 valence electrons. The minimum atomic E-state index is -4.45. The van der Waals surface area contributed by atoms with E-state index in [1.165, 1.54) is 6.07 Å². The summed E-state index contributed by atoms with van der Waals surface area (Å²) in [7, 11) is 0. The maximum Gasteiger partial charge on any atom is 0.433 e. The zero-order chi connectivity index (χ0) is 14.0. The zero-order valence-electron chi connectivity index (χ0n) is 10.2. The van der Waals surface area contributed by atoms with Gasteiger partial charge in [0.1, 0.15) is 5.69 Å². The number of aliphatic hydroxyl groups is 1. The second kappa shape index (κ2) is 5.01. The second-order valence-electron chi connectivity index (χ2n) is 4.21. The third-order valence-corrected chi connectivity index (χ3v) is 2.80. The van der Waals surface area contributed by atoms with Gasteiger partial charge in [0.15, 0.2) is 0 Å². The second-order valence-corrected chi connectivity index (χ2v) is 4.21. The van der Waals surface area contributed by atoms with E-state index < -0.39 is 11.9 Å². The summed E-state index contributed by atoms with van der Waals surface area (Å²) in [6, 6.07) is 9.02. The van der Waals surface area contributed by atoms with Crippen molar-refractivity contribution in [3.05, 3.63) is 53.2 Å². The van der Waals surface area contributed by atoms with Crippen molar-refractivity contribution in [1.82, 2.24) is 4.98 Å². The average Bonchev–Trinajstić information content (AvgIpc) is 2.38. The van der Waals surface area contributed by atoms with Gasteiger partial charge in [0.05, 0.1) is 12.3 Å². The van der Waals surface area contributed by atoms with E-state index in [1.807, 2.05) is 0 Å². The Bertz CT molecular complexity index is 576. The number of nitrogens with zero attached hydrogens (tertiary/aromatic N) is 1. The van der Waals surface area contributed by atoms with Crippen LogP contribution in [0.3, 0.4) is 0 Å². The Morgan fingerprint density at radius 1 is 1.05 bits per heavy atom. The lowest BCUT2D eigenvalue weighted by molar-refractivity contribution is -0.141. The van der Waals surface area contributed by atoms with Gasteiger partial charge in [0, 0.05) is 5.56 Å². The molecule has 0 bridgehead atoms. The lowest BCUT2D eigenvalue weighted by Crippen LogP contribution is -2.08. The van der Waals surface area contributed by atoms with Gasteiger partial charge in [-0.25, -0.2) is 4.98 Å². The summed E-state index contributed by atoms with van der Waals surface area (Å²) in [4.78, 5) is 3.68. The third kappa shape index (κ3) is 2.93. The third-order valence-electron chi connectivity index (χ3n) is 2.80. The molecule has 0 fully saturated rings. The molecule has 1 aromatic heterocycles. The molecule has 5 heteroatoms. The summed E-state index contributed by atoms with van der Waals surface area (Å²) in [5.41, 5.74) is 1.37. The molecule has 0 aliphatic rings. The molecule has 1 N–H and O–H groups in total. The molecule has 0 spiro atoms. The highest BCUT2D eigenvalue weighted by Gasteiger charge is 2.32. The van der Waals surface area contributed by atoms with Crippen molar-refractivity contribution >= 4 is 0 Å². The van der Waals surface area contributed by atoms with Gasteiger partial charge in [0.25, 0.3) is 0 Å². The summed E-state index contributed by atoms with van der Waals surface area (Å²) >= 11 is 0. The molecule has 0 saturated carbocycles. The first kappa shape index (κ1) is 13.5. The highest BCUT2D eigenvalue weighted by atomic mass is 19.4. The molecule has 19 heavy (non-hydrogen) atoms. The van der Waals surface area contributed by atoms with Crippen LogP contribution >= 0.6 is 0 Å². The van der Waals surface area contributed by atoms with Crippen LogP contribution in [-0.2, 0) is 12.8 Å². The van der Waals surface area contributed by atoms with E-state index in [0.717, 1.165) is 6.07 Å². The smallest absolute Gasteiger partial charge is 0.392 e. The fourth-order valence-corrected chi connectivity index (χ4v) is 1.75. The highest BCUT2D eigenvalue weighted by molar-refractivity contribution is 5.63. The summed E-state index contributed by atoms with van der Waals surface area (Å²) < 4.78 is 37.9. The van der Waals surface area contributed by atoms with Crippen LogP contribution in [0.1, 0.15) is 16.8 Å². The normalized spacial score (nSPS) is 11.6. The van der Waals surface area contributed by atoms with E-state index in [-0.39, 0.29) is 6.61 Å². The monoisotopic (exact) mass is 267 g/mol. The van der Waals surface area contributed by atoms with E-state index in [2.05, 4.69) is 4.98 Å². The molecular formula is C14H12F3NO. The molecule has 2 rings (SSSR count). The van der Waals surface area contributed by atoms with Gasteiger partial charge < -0.3 is 5.11 Å². The van der Waals surface area contributed by atoms with Gasteiger partial charge in [-0.05, 0) is 24.1 Å². The maximum absolute atomic E-state index is 12.6. The maximum atomic E-state index is 12.6. The first-order valence-corrected chi connectivity index (χ1v) is 5.67. The van der Waals surface area contributed by atoms with Gasteiger partial charge in [-0.3, -0.25) is 0 Å². The van der Waals surface area contributed by atoms with Gasteiger partial charge in [-0.1, -0.05) is 30.3 Å². The Balaban J connectivity index is 2.48. The summed E-state index contributed by atoms with van der Waals surface area (Å²) in [5, 5.41) is 8.94. The number of aromatic nitrogens is 1. The molecule has 0 aliphatic carbocycles. The van der Waals surface area contributed by atoms with Crippen LogP contribution in [-0.4, -0.2) is 10.1 Å². The Morgan fingerprint density at radius 3 is 2.21 bits per heavy atom. The minimum absolute atomic E-state index is 0.102. The fraction of sp³-hybridized carbons (Fsp3) is 0.214. The highest BCUT2D eigenvalue weighted by Crippen LogP contribution is 2.31. The van der Waals surface area contributed by atoms with Crippen LogP contribution in [0.4, 0.5) is 13.2 Å². The van der Waals surface area contributed by atoms with Crippen LogP contribution in [0.25, 0.3) is 11.3 Å². The molecular weight excluding hydrogens is 255 g/mol. The summed E-state index contributed by atoms with van der Waals surface area (Å²) in [5.74, 6) is 0. The van der Waals surface area contributed by atoms with Crippen LogP contribution in [0, 0.1) is 6.92 Å². The molecule has 0 unspecified atom stereocenters. The first-order chi connectivity index (χ1) is 8.91. The SMILES string of the molecule is Cc1ccc(C(F)(F)F)nc1-c1ccc(CO)cc1. The molecule has 2 nitrogen and oxygen atoms in total. The molecule has 0 aliphatic heterocycles. The Morgan fingerprint density at radius 2 is 1.68 bits per heavy atom. The van der Waals surface area contributed by atoms with Crippen molar-refractivity contribution < 1.29 is 18.3 Å². The van der Waals surface area contributed by atoms with Crippen molar-refractivity contribution in [3.63, 3.8) is 0 Å². The molecule has 1 aromatic carbocycles. The average molecular weight is 267 g/mol. The minimum Gasteiger partial charge on any atom is -0.392 e. The molecule has 2 aromatic rings. The number of rotatable bonds is 2. The quantitative estimate of drug-likeness (QED) is 0.902. The van der Waals surface area contributed by atoms with E-state index >= 15 is 0 Å². The van der Waals surface area contributed by atoms with E-state index in [0.29, 0.717) is 22.4 Å². The Kier molecular flexibility index (Phi) is 3.57. The molecule has 1 heterocycles. The lowest BCUT2D eigenvalue weighted by atomic mass is 10.0. The van der Waals surface area contributed by atoms with Crippen LogP contribution in [0.15, 0.2) is 36.4 Å². The van der Waals surface area contributed by atoms with Gasteiger partial charge in [-0.15, -0.1) is 0 Å². The van der Waals surface area contributed by atoms with Crippen LogP contribution in [0.2, 0.25) is 0 Å². The number of alkyl halides is 3. The number of hydrogen-bond donors (Lipinski definition) is 1. The number of benzene rings is 1. The number of aryl methyl sites for hydroxylation is 1. The number of pyridine rings is 1. The van der Waals surface area contributed by atoms with Crippen LogP contribution < -0.4 is 0 Å². The number of hydrogen-bond acceptors (Lipinski definition) is 2. The van der Waals surface area contributed by atoms with Gasteiger partial charge in [-0.2, -0.15) is 13.2 Å². The van der Waals surface area contributed by atoms with Crippen molar-refractivity contribution in [1.29, 1.82) is 0 Å². The molecule has 0 saturated heterocycles. The predicted molar refractivity (Wildman–Crippen MR) is 65.3 cm³/mol. The van der Waals surface area contributed by atoms with Crippen LogP contribution in [0.5, 0.6) is 0 Å². The van der Waals surface area contributed by atoms with Crippen molar-refractivity contribution in [2.75, 3.05) is 0 Å². The number of halogens is 3. The summed E-state index contributed by atoms with van der Waals surface area (Å²) in [6.45, 7) is 1.61. The zero-order valence-corrected chi connectivity index (χ0v) is 10.2. The lowest BCUT2D eigenvalue weighted by Gasteiger charge is -2.10. The first-order valence-electron chi connectivity index (χ1n) is 5.67. The topological polar surface area (TPSA) is 33.1 Å². The van der Waals surface area contributed by atoms with E-state index in [9.17, 15) is 13.2 Å². The largest absolute Gasteiger partial charge is 0.433 e. The summed E-state index contributed by atoms with van der Waals surface area (Å²) in [6.07, 6.45) is -4.45. The molecule has 0 radical (unpaired) electrons. The van der Waals surface area contributed by atoms with Crippen molar-refractivity contribution in [2.45, 2.75) is 19.7 Å². The predicted octanol–water partition coefficient (Wildman–Crippen LogP) is 3.57. The Hall–Kier alpha value is -1.88. The van der Waals surface area contributed by atoms with Gasteiger partial charge in [0.2, 0.25) is 0 Å². The Labute approximate surface area is 108 Å². The van der Waals surface area contributed by atoms with E-state index in [1.54, 1.807) is 31.2 Å². The van der Waals surface area contributed by atoms with Crippen molar-refractivity contribution in [3.8, 4) is 11.3 Å². The number of aliphatic hydroxyl groups excluding tert-OH is 1.